The fraction of sp³-hybridized carbons (Fsp3) is 0.333. The van der Waals surface area contributed by atoms with E-state index in [1.807, 2.05) is 0 Å². The van der Waals surface area contributed by atoms with Gasteiger partial charge in [0, 0.05) is 24.4 Å². The molecule has 3 aromatic rings. The van der Waals surface area contributed by atoms with Crippen molar-refractivity contribution in [1.82, 2.24) is 19.7 Å². The third kappa shape index (κ3) is 3.43. The maximum atomic E-state index is 12.5. The van der Waals surface area contributed by atoms with Crippen molar-refractivity contribution in [2.45, 2.75) is 26.4 Å². The van der Waals surface area contributed by atoms with E-state index in [2.05, 4.69) is 27.2 Å². The molecule has 9 heteroatoms. The summed E-state index contributed by atoms with van der Waals surface area (Å²) >= 11 is 1.46. The Morgan fingerprint density at radius 1 is 1.30 bits per heavy atom. The Morgan fingerprint density at radius 2 is 2.07 bits per heavy atom. The van der Waals surface area contributed by atoms with E-state index >= 15 is 0 Å². The second-order valence-corrected chi connectivity index (χ2v) is 7.52. The van der Waals surface area contributed by atoms with Gasteiger partial charge in [-0.15, -0.1) is 11.3 Å². The standard InChI is InChI=1S/C18H19N5O3S/c1-2-22-8-7-13-14(9-22)27-18(19-13)20-15(24)10-23-17(26)12-6-4-3-5-11(12)16(25)21-23/h3-6H,2,7-10H2,1H3,(H,21,25)(H,19,20,24). The van der Waals surface area contributed by atoms with Crippen LogP contribution in [0, 0.1) is 0 Å². The lowest BCUT2D eigenvalue weighted by Gasteiger charge is -2.23. The molecule has 0 unspecified atom stereocenters. The Hall–Kier alpha value is -2.78. The number of hydrogen-bond donors (Lipinski definition) is 2. The van der Waals surface area contributed by atoms with E-state index in [0.29, 0.717) is 15.9 Å². The highest BCUT2D eigenvalue weighted by Gasteiger charge is 2.20. The Morgan fingerprint density at radius 3 is 2.85 bits per heavy atom. The summed E-state index contributed by atoms with van der Waals surface area (Å²) in [5, 5.41) is 6.33. The second-order valence-electron chi connectivity index (χ2n) is 6.43. The van der Waals surface area contributed by atoms with E-state index in [4.69, 9.17) is 0 Å². The van der Waals surface area contributed by atoms with Gasteiger partial charge in [0.2, 0.25) is 5.91 Å². The molecule has 0 atom stereocenters. The zero-order valence-corrected chi connectivity index (χ0v) is 15.6. The molecule has 1 amide bonds. The average molecular weight is 385 g/mol. The van der Waals surface area contributed by atoms with E-state index in [1.165, 1.54) is 11.3 Å². The summed E-state index contributed by atoms with van der Waals surface area (Å²) in [6, 6.07) is 6.54. The molecule has 140 valence electrons. The van der Waals surface area contributed by atoms with Crippen LogP contribution in [0.3, 0.4) is 0 Å². The molecular weight excluding hydrogens is 366 g/mol. The van der Waals surface area contributed by atoms with E-state index in [1.54, 1.807) is 24.3 Å². The van der Waals surface area contributed by atoms with Crippen molar-refractivity contribution in [3.63, 3.8) is 0 Å². The molecule has 2 N–H and O–H groups in total. The summed E-state index contributed by atoms with van der Waals surface area (Å²) in [6.45, 7) is 4.64. The van der Waals surface area contributed by atoms with Gasteiger partial charge >= 0.3 is 0 Å². The number of likely N-dealkylation sites (N-methyl/N-ethyl adjacent to an activating group) is 1. The smallest absolute Gasteiger partial charge is 0.273 e. The van der Waals surface area contributed by atoms with Gasteiger partial charge in [-0.05, 0) is 18.7 Å². The predicted molar refractivity (Wildman–Crippen MR) is 104 cm³/mol. The van der Waals surface area contributed by atoms with Crippen molar-refractivity contribution in [1.29, 1.82) is 0 Å². The summed E-state index contributed by atoms with van der Waals surface area (Å²) in [5.74, 6) is -0.401. The highest BCUT2D eigenvalue weighted by Crippen LogP contribution is 2.28. The van der Waals surface area contributed by atoms with Crippen molar-refractivity contribution < 1.29 is 4.79 Å². The van der Waals surface area contributed by atoms with Crippen LogP contribution in [-0.4, -0.2) is 38.7 Å². The molecular formula is C18H19N5O3S. The molecule has 4 rings (SSSR count). The quantitative estimate of drug-likeness (QED) is 0.702. The number of nitrogens with one attached hydrogen (secondary N) is 2. The van der Waals surface area contributed by atoms with Gasteiger partial charge in [-0.3, -0.25) is 24.4 Å². The number of thiazole rings is 1. The van der Waals surface area contributed by atoms with Crippen LogP contribution in [0.1, 0.15) is 17.5 Å². The number of aromatic amines is 1. The monoisotopic (exact) mass is 385 g/mol. The van der Waals surface area contributed by atoms with Crippen molar-refractivity contribution in [3.8, 4) is 0 Å². The Labute approximate surface area is 158 Å². The first-order chi connectivity index (χ1) is 13.0. The Kier molecular flexibility index (Phi) is 4.63. The largest absolute Gasteiger partial charge is 0.300 e. The molecule has 0 aliphatic carbocycles. The third-order valence-corrected chi connectivity index (χ3v) is 5.69. The highest BCUT2D eigenvalue weighted by atomic mass is 32.1. The lowest BCUT2D eigenvalue weighted by molar-refractivity contribution is -0.117. The molecule has 2 aromatic heterocycles. The number of carbonyl (C=O) groups is 1. The van der Waals surface area contributed by atoms with Crippen molar-refractivity contribution in [2.24, 2.45) is 0 Å². The SMILES string of the molecule is CCN1CCc2nc(NC(=O)Cn3[nH]c(=O)c4ccccc4c3=O)sc2C1. The van der Waals surface area contributed by atoms with Gasteiger partial charge < -0.3 is 5.32 Å². The van der Waals surface area contributed by atoms with Crippen LogP contribution in [0.4, 0.5) is 5.13 Å². The number of fused-ring (bicyclic) bond motifs is 2. The van der Waals surface area contributed by atoms with Crippen molar-refractivity contribution in [3.05, 3.63) is 55.5 Å². The molecule has 0 fully saturated rings. The number of nitrogens with zero attached hydrogens (tertiary/aromatic N) is 3. The zero-order chi connectivity index (χ0) is 19.0. The second kappa shape index (κ2) is 7.09. The number of hydrogen-bond acceptors (Lipinski definition) is 6. The van der Waals surface area contributed by atoms with Gasteiger partial charge in [0.15, 0.2) is 5.13 Å². The fourth-order valence-corrected chi connectivity index (χ4v) is 4.30. The summed E-state index contributed by atoms with van der Waals surface area (Å²) in [5.41, 5.74) is 0.219. The minimum atomic E-state index is -0.405. The van der Waals surface area contributed by atoms with E-state index in [9.17, 15) is 14.4 Å². The van der Waals surface area contributed by atoms with Crippen LogP contribution in [-0.2, 0) is 24.3 Å². The molecule has 0 bridgehead atoms. The van der Waals surface area contributed by atoms with Crippen LogP contribution < -0.4 is 16.4 Å². The van der Waals surface area contributed by atoms with Gasteiger partial charge in [0.1, 0.15) is 6.54 Å². The third-order valence-electron chi connectivity index (χ3n) is 4.69. The van der Waals surface area contributed by atoms with Crippen LogP contribution >= 0.6 is 11.3 Å². The topological polar surface area (TPSA) is 100 Å². The van der Waals surface area contributed by atoms with E-state index in [-0.39, 0.29) is 6.54 Å². The van der Waals surface area contributed by atoms with Crippen LogP contribution in [0.5, 0.6) is 0 Å². The minimum absolute atomic E-state index is 0.274. The summed E-state index contributed by atoms with van der Waals surface area (Å²) in [7, 11) is 0. The lowest BCUT2D eigenvalue weighted by Crippen LogP contribution is -2.34. The number of aromatic nitrogens is 3. The zero-order valence-electron chi connectivity index (χ0n) is 14.8. The first-order valence-corrected chi connectivity index (χ1v) is 9.59. The predicted octanol–water partition coefficient (Wildman–Crippen LogP) is 1.16. The molecule has 1 aromatic carbocycles. The molecule has 0 saturated carbocycles. The maximum Gasteiger partial charge on any atom is 0.273 e. The first-order valence-electron chi connectivity index (χ1n) is 8.78. The lowest BCUT2D eigenvalue weighted by atomic mass is 10.2. The molecule has 3 heterocycles. The number of benzene rings is 1. The van der Waals surface area contributed by atoms with Gasteiger partial charge in [-0.25, -0.2) is 9.67 Å². The molecule has 0 saturated heterocycles. The highest BCUT2D eigenvalue weighted by molar-refractivity contribution is 7.15. The maximum absolute atomic E-state index is 12.5. The summed E-state index contributed by atoms with van der Waals surface area (Å²) in [4.78, 5) is 45.0. The minimum Gasteiger partial charge on any atom is -0.300 e. The van der Waals surface area contributed by atoms with E-state index in [0.717, 1.165) is 41.3 Å². The van der Waals surface area contributed by atoms with Crippen molar-refractivity contribution in [2.75, 3.05) is 18.4 Å². The van der Waals surface area contributed by atoms with Crippen LogP contribution in [0.25, 0.3) is 10.8 Å². The number of rotatable bonds is 4. The number of anilines is 1. The van der Waals surface area contributed by atoms with Gasteiger partial charge in [-0.1, -0.05) is 19.1 Å². The Balaban J connectivity index is 1.53. The molecule has 8 nitrogen and oxygen atoms in total. The first kappa shape index (κ1) is 17.6. The molecule has 27 heavy (non-hydrogen) atoms. The number of amides is 1. The molecule has 1 aliphatic rings. The summed E-state index contributed by atoms with van der Waals surface area (Å²) in [6.07, 6.45) is 0.868. The Bertz CT molecular complexity index is 1130. The number of carbonyl (C=O) groups excluding carboxylic acids is 1. The normalized spacial score (nSPS) is 14.3. The molecule has 0 radical (unpaired) electrons. The van der Waals surface area contributed by atoms with Crippen LogP contribution in [0.15, 0.2) is 33.9 Å². The summed E-state index contributed by atoms with van der Waals surface area (Å²) < 4.78 is 1.03. The van der Waals surface area contributed by atoms with Gasteiger partial charge in [-0.2, -0.15) is 0 Å². The fourth-order valence-electron chi connectivity index (χ4n) is 3.23. The molecule has 1 aliphatic heterocycles. The average Bonchev–Trinajstić information content (AvgIpc) is 3.07. The van der Waals surface area contributed by atoms with E-state index < -0.39 is 17.0 Å². The van der Waals surface area contributed by atoms with Crippen LogP contribution in [0.2, 0.25) is 0 Å². The number of H-pyrrole nitrogens is 1. The van der Waals surface area contributed by atoms with Gasteiger partial charge in [0.25, 0.3) is 11.1 Å². The van der Waals surface area contributed by atoms with Crippen molar-refractivity contribution >= 4 is 33.1 Å². The molecule has 0 spiro atoms. The van der Waals surface area contributed by atoms with Gasteiger partial charge in [0.05, 0.1) is 16.5 Å².